The summed E-state index contributed by atoms with van der Waals surface area (Å²) in [6.07, 6.45) is -0.607. The topological polar surface area (TPSA) is 67.4 Å². The normalized spacial score (nSPS) is 11.4. The third-order valence-electron chi connectivity index (χ3n) is 2.19. The van der Waals surface area contributed by atoms with Gasteiger partial charge in [-0.2, -0.15) is 0 Å². The minimum Gasteiger partial charge on any atom is -0.445 e. The van der Waals surface area contributed by atoms with Gasteiger partial charge in [-0.25, -0.2) is 4.79 Å². The third-order valence-corrected chi connectivity index (χ3v) is 2.19. The molecule has 0 aliphatic rings. The smallest absolute Gasteiger partial charge is 0.408 e. The van der Waals surface area contributed by atoms with Gasteiger partial charge in [0.05, 0.1) is 0 Å². The number of amides is 2. The first kappa shape index (κ1) is 13.0. The highest BCUT2D eigenvalue weighted by molar-refractivity contribution is 5.84. The highest BCUT2D eigenvalue weighted by Gasteiger charge is 2.14. The molecule has 0 heterocycles. The zero-order valence-corrected chi connectivity index (χ0v) is 9.90. The highest BCUT2D eigenvalue weighted by atomic mass is 16.5. The summed E-state index contributed by atoms with van der Waals surface area (Å²) in [6.45, 7) is 1.77. The fourth-order valence-corrected chi connectivity index (χ4v) is 1.22. The first-order chi connectivity index (χ1) is 8.13. The molecule has 0 spiro atoms. The van der Waals surface area contributed by atoms with Crippen LogP contribution in [0.3, 0.4) is 0 Å². The molecule has 0 saturated carbocycles. The molecule has 0 aliphatic heterocycles. The first-order valence-corrected chi connectivity index (χ1v) is 5.32. The molecule has 0 saturated heterocycles. The van der Waals surface area contributed by atoms with E-state index in [1.165, 1.54) is 7.05 Å². The van der Waals surface area contributed by atoms with Gasteiger partial charge in [0.1, 0.15) is 12.6 Å². The number of ether oxygens (including phenoxy) is 1. The lowest BCUT2D eigenvalue weighted by atomic mass is 10.2. The second-order valence-electron chi connectivity index (χ2n) is 3.54. The highest BCUT2D eigenvalue weighted by Crippen LogP contribution is 2.00. The monoisotopic (exact) mass is 236 g/mol. The van der Waals surface area contributed by atoms with E-state index in [9.17, 15) is 9.59 Å². The van der Waals surface area contributed by atoms with Crippen molar-refractivity contribution in [2.45, 2.75) is 19.6 Å². The Morgan fingerprint density at radius 2 is 1.94 bits per heavy atom. The van der Waals surface area contributed by atoms with E-state index in [0.29, 0.717) is 0 Å². The van der Waals surface area contributed by atoms with Gasteiger partial charge in [-0.1, -0.05) is 30.3 Å². The molecular weight excluding hydrogens is 220 g/mol. The van der Waals surface area contributed by atoms with Crippen LogP contribution in [-0.4, -0.2) is 25.1 Å². The van der Waals surface area contributed by atoms with Crippen LogP contribution >= 0.6 is 0 Å². The van der Waals surface area contributed by atoms with Crippen LogP contribution in [0.4, 0.5) is 4.79 Å². The van der Waals surface area contributed by atoms with Gasteiger partial charge in [0, 0.05) is 7.05 Å². The number of likely N-dealkylation sites (N-methyl/N-ethyl adjacent to an activating group) is 1. The van der Waals surface area contributed by atoms with Crippen LogP contribution in [0.1, 0.15) is 12.5 Å². The second-order valence-corrected chi connectivity index (χ2v) is 3.54. The molecule has 0 unspecified atom stereocenters. The maximum Gasteiger partial charge on any atom is 0.408 e. The van der Waals surface area contributed by atoms with Crippen LogP contribution in [0.15, 0.2) is 30.3 Å². The Kier molecular flexibility index (Phi) is 5.00. The van der Waals surface area contributed by atoms with Crippen LogP contribution in [0.2, 0.25) is 0 Å². The molecule has 2 N–H and O–H groups in total. The van der Waals surface area contributed by atoms with Gasteiger partial charge in [0.25, 0.3) is 0 Å². The zero-order valence-electron chi connectivity index (χ0n) is 9.90. The number of carbonyl (C=O) groups excluding carboxylic acids is 2. The van der Waals surface area contributed by atoms with E-state index in [2.05, 4.69) is 10.6 Å². The fraction of sp³-hybridized carbons (Fsp3) is 0.333. The molecule has 0 radical (unpaired) electrons. The Balaban J connectivity index is 2.33. The van der Waals surface area contributed by atoms with E-state index in [1.54, 1.807) is 6.92 Å². The van der Waals surface area contributed by atoms with E-state index in [0.717, 1.165) is 5.56 Å². The molecule has 0 fully saturated rings. The lowest BCUT2D eigenvalue weighted by Crippen LogP contribution is -2.43. The van der Waals surface area contributed by atoms with Crippen LogP contribution in [0, 0.1) is 0 Å². The summed E-state index contributed by atoms with van der Waals surface area (Å²) >= 11 is 0. The van der Waals surface area contributed by atoms with E-state index in [1.807, 2.05) is 30.3 Å². The van der Waals surface area contributed by atoms with Crippen LogP contribution in [0.5, 0.6) is 0 Å². The number of carbonyl (C=O) groups is 2. The molecule has 1 rings (SSSR count). The SMILES string of the molecule is CNC(=O)[C@@H](C)NC(=O)OCc1ccccc1. The van der Waals surface area contributed by atoms with Crippen LogP contribution < -0.4 is 10.6 Å². The predicted octanol–water partition coefficient (Wildman–Crippen LogP) is 1.05. The number of nitrogens with one attached hydrogen (secondary N) is 2. The largest absolute Gasteiger partial charge is 0.445 e. The minimum atomic E-state index is -0.608. The number of benzene rings is 1. The van der Waals surface area contributed by atoms with Gasteiger partial charge >= 0.3 is 6.09 Å². The van der Waals surface area contributed by atoms with E-state index >= 15 is 0 Å². The van der Waals surface area contributed by atoms with Crippen molar-refractivity contribution in [3.8, 4) is 0 Å². The van der Waals surface area contributed by atoms with Gasteiger partial charge in [-0.05, 0) is 12.5 Å². The molecule has 1 atom stereocenters. The van der Waals surface area contributed by atoms with Crippen molar-refractivity contribution in [3.05, 3.63) is 35.9 Å². The number of alkyl carbamates (subject to hydrolysis) is 1. The van der Waals surface area contributed by atoms with Crippen molar-refractivity contribution in [3.63, 3.8) is 0 Å². The molecule has 17 heavy (non-hydrogen) atoms. The number of hydrogen-bond donors (Lipinski definition) is 2. The van der Waals surface area contributed by atoms with Crippen LogP contribution in [-0.2, 0) is 16.1 Å². The van der Waals surface area contributed by atoms with Gasteiger partial charge in [-0.3, -0.25) is 4.79 Å². The maximum absolute atomic E-state index is 11.3. The summed E-state index contributed by atoms with van der Waals surface area (Å²) in [4.78, 5) is 22.5. The van der Waals surface area contributed by atoms with Crippen molar-refractivity contribution < 1.29 is 14.3 Å². The Labute approximate surface area is 100 Å². The quantitative estimate of drug-likeness (QED) is 0.821. The number of rotatable bonds is 4. The van der Waals surface area contributed by atoms with E-state index in [-0.39, 0.29) is 12.5 Å². The molecule has 1 aromatic rings. The van der Waals surface area contributed by atoms with Crippen molar-refractivity contribution >= 4 is 12.0 Å². The third kappa shape index (κ3) is 4.55. The molecule has 2 amide bonds. The fourth-order valence-electron chi connectivity index (χ4n) is 1.22. The van der Waals surface area contributed by atoms with E-state index < -0.39 is 12.1 Å². The van der Waals surface area contributed by atoms with Gasteiger partial charge in [0.2, 0.25) is 5.91 Å². The maximum atomic E-state index is 11.3. The Bertz CT molecular complexity index is 379. The van der Waals surface area contributed by atoms with Crippen molar-refractivity contribution in [1.82, 2.24) is 10.6 Å². The molecule has 1 aromatic carbocycles. The first-order valence-electron chi connectivity index (χ1n) is 5.32. The average molecular weight is 236 g/mol. The molecular formula is C12H16N2O3. The summed E-state index contributed by atoms with van der Waals surface area (Å²) in [5.41, 5.74) is 0.898. The summed E-state index contributed by atoms with van der Waals surface area (Å²) < 4.78 is 4.96. The summed E-state index contributed by atoms with van der Waals surface area (Å²) in [7, 11) is 1.51. The summed E-state index contributed by atoms with van der Waals surface area (Å²) in [6, 6.07) is 8.72. The minimum absolute atomic E-state index is 0.188. The summed E-state index contributed by atoms with van der Waals surface area (Å²) in [5.74, 6) is -0.262. The Morgan fingerprint density at radius 1 is 1.29 bits per heavy atom. The molecule has 5 heteroatoms. The predicted molar refractivity (Wildman–Crippen MR) is 63.3 cm³/mol. The Morgan fingerprint density at radius 3 is 2.53 bits per heavy atom. The Hall–Kier alpha value is -2.04. The summed E-state index contributed by atoms with van der Waals surface area (Å²) in [5, 5.41) is 4.86. The molecule has 92 valence electrons. The van der Waals surface area contributed by atoms with Gasteiger partial charge in [-0.15, -0.1) is 0 Å². The van der Waals surface area contributed by atoms with Crippen molar-refractivity contribution in [2.24, 2.45) is 0 Å². The average Bonchev–Trinajstić information content (AvgIpc) is 2.36. The zero-order chi connectivity index (χ0) is 12.7. The molecule has 5 nitrogen and oxygen atoms in total. The van der Waals surface area contributed by atoms with Crippen molar-refractivity contribution in [1.29, 1.82) is 0 Å². The molecule has 0 aliphatic carbocycles. The molecule has 0 bridgehead atoms. The van der Waals surface area contributed by atoms with Crippen LogP contribution in [0.25, 0.3) is 0 Å². The van der Waals surface area contributed by atoms with Gasteiger partial charge < -0.3 is 15.4 Å². The lowest BCUT2D eigenvalue weighted by Gasteiger charge is -2.12. The van der Waals surface area contributed by atoms with Gasteiger partial charge in [0.15, 0.2) is 0 Å². The standard InChI is InChI=1S/C12H16N2O3/c1-9(11(15)13-2)14-12(16)17-8-10-6-4-3-5-7-10/h3-7,9H,8H2,1-2H3,(H,13,15)(H,14,16)/t9-/m1/s1. The van der Waals surface area contributed by atoms with Crippen molar-refractivity contribution in [2.75, 3.05) is 7.05 Å². The van der Waals surface area contributed by atoms with E-state index in [4.69, 9.17) is 4.74 Å². The lowest BCUT2D eigenvalue weighted by molar-refractivity contribution is -0.122. The molecule has 0 aromatic heterocycles. The second kappa shape index (κ2) is 6.52. The number of hydrogen-bond acceptors (Lipinski definition) is 3.